The smallest absolute Gasteiger partial charge is 0.335 e. The summed E-state index contributed by atoms with van der Waals surface area (Å²) in [6.45, 7) is 2.40. The van der Waals surface area contributed by atoms with Crippen molar-refractivity contribution in [2.24, 2.45) is 0 Å². The Morgan fingerprint density at radius 3 is 2.39 bits per heavy atom. The van der Waals surface area contributed by atoms with E-state index in [9.17, 15) is 9.59 Å². The number of carboxylic acids is 1. The lowest BCUT2D eigenvalue weighted by molar-refractivity contribution is 0.0697. The molecule has 0 radical (unpaired) electrons. The molecule has 0 aromatic heterocycles. The second kappa shape index (κ2) is 4.68. The molecule has 1 aliphatic carbocycles. The SMILES string of the molecule is CC1(NC(=O)NCc2ccc(C(=O)O)cc2)CC1. The third-order valence-corrected chi connectivity index (χ3v) is 3.07. The number of aromatic carboxylic acids is 1. The molecule has 0 bridgehead atoms. The molecule has 0 unspecified atom stereocenters. The van der Waals surface area contributed by atoms with Crippen LogP contribution in [0.4, 0.5) is 4.79 Å². The van der Waals surface area contributed by atoms with Gasteiger partial charge in [-0.1, -0.05) is 12.1 Å². The molecule has 0 spiro atoms. The number of benzene rings is 1. The first-order valence-electron chi connectivity index (χ1n) is 5.87. The summed E-state index contributed by atoms with van der Waals surface area (Å²) >= 11 is 0. The second-order valence-corrected chi connectivity index (χ2v) is 4.87. The highest BCUT2D eigenvalue weighted by atomic mass is 16.4. The number of urea groups is 1. The summed E-state index contributed by atoms with van der Waals surface area (Å²) < 4.78 is 0. The average Bonchev–Trinajstić information content (AvgIpc) is 3.04. The van der Waals surface area contributed by atoms with E-state index < -0.39 is 5.97 Å². The molecule has 2 rings (SSSR count). The first-order chi connectivity index (χ1) is 8.48. The van der Waals surface area contributed by atoms with Crippen LogP contribution in [-0.2, 0) is 6.54 Å². The molecule has 5 nitrogen and oxygen atoms in total. The first kappa shape index (κ1) is 12.4. The minimum atomic E-state index is -0.950. The fraction of sp³-hybridized carbons (Fsp3) is 0.385. The van der Waals surface area contributed by atoms with Gasteiger partial charge in [-0.15, -0.1) is 0 Å². The van der Waals surface area contributed by atoms with E-state index in [1.165, 1.54) is 12.1 Å². The Hall–Kier alpha value is -2.04. The molecule has 1 fully saturated rings. The number of rotatable bonds is 4. The van der Waals surface area contributed by atoms with Crippen molar-refractivity contribution < 1.29 is 14.7 Å². The number of amides is 2. The third-order valence-electron chi connectivity index (χ3n) is 3.07. The predicted molar refractivity (Wildman–Crippen MR) is 66.4 cm³/mol. The fourth-order valence-electron chi connectivity index (χ4n) is 1.58. The summed E-state index contributed by atoms with van der Waals surface area (Å²) in [4.78, 5) is 22.2. The van der Waals surface area contributed by atoms with Gasteiger partial charge < -0.3 is 15.7 Å². The Kier molecular flexibility index (Phi) is 3.23. The maximum atomic E-state index is 11.5. The standard InChI is InChI=1S/C13H16N2O3/c1-13(6-7-13)15-12(18)14-8-9-2-4-10(5-3-9)11(16)17/h2-5H,6-8H2,1H3,(H,16,17)(H2,14,15,18). The summed E-state index contributed by atoms with van der Waals surface area (Å²) in [6, 6.07) is 6.27. The lowest BCUT2D eigenvalue weighted by atomic mass is 10.1. The van der Waals surface area contributed by atoms with Crippen molar-refractivity contribution in [3.63, 3.8) is 0 Å². The number of hydrogen-bond donors (Lipinski definition) is 3. The summed E-state index contributed by atoms with van der Waals surface area (Å²) in [6.07, 6.45) is 2.04. The van der Waals surface area contributed by atoms with Crippen LogP contribution in [0.1, 0.15) is 35.7 Å². The molecule has 1 aliphatic rings. The molecule has 0 aliphatic heterocycles. The van der Waals surface area contributed by atoms with Gasteiger partial charge in [-0.3, -0.25) is 0 Å². The molecule has 5 heteroatoms. The molecule has 3 N–H and O–H groups in total. The van der Waals surface area contributed by atoms with Crippen LogP contribution >= 0.6 is 0 Å². The quantitative estimate of drug-likeness (QED) is 0.759. The zero-order chi connectivity index (χ0) is 13.2. The van der Waals surface area contributed by atoms with E-state index in [0.717, 1.165) is 18.4 Å². The van der Waals surface area contributed by atoms with Crippen molar-refractivity contribution in [1.29, 1.82) is 0 Å². The lowest BCUT2D eigenvalue weighted by Gasteiger charge is -2.12. The van der Waals surface area contributed by atoms with Crippen LogP contribution in [0, 0.1) is 0 Å². The van der Waals surface area contributed by atoms with Crippen LogP contribution in [-0.4, -0.2) is 22.6 Å². The van der Waals surface area contributed by atoms with E-state index >= 15 is 0 Å². The van der Waals surface area contributed by atoms with Crippen molar-refractivity contribution in [2.45, 2.75) is 31.8 Å². The van der Waals surface area contributed by atoms with Crippen LogP contribution in [0.25, 0.3) is 0 Å². The number of nitrogens with one attached hydrogen (secondary N) is 2. The Bertz CT molecular complexity index is 464. The maximum absolute atomic E-state index is 11.5. The fourth-order valence-corrected chi connectivity index (χ4v) is 1.58. The van der Waals surface area contributed by atoms with Crippen LogP contribution in [0.3, 0.4) is 0 Å². The Balaban J connectivity index is 1.82. The highest BCUT2D eigenvalue weighted by Gasteiger charge is 2.38. The van der Waals surface area contributed by atoms with Gasteiger partial charge in [0.2, 0.25) is 0 Å². The minimum Gasteiger partial charge on any atom is -0.478 e. The Morgan fingerprint density at radius 1 is 1.28 bits per heavy atom. The van der Waals surface area contributed by atoms with E-state index in [2.05, 4.69) is 10.6 Å². The Morgan fingerprint density at radius 2 is 1.89 bits per heavy atom. The molecule has 0 saturated heterocycles. The van der Waals surface area contributed by atoms with E-state index in [1.54, 1.807) is 12.1 Å². The largest absolute Gasteiger partial charge is 0.478 e. The summed E-state index contributed by atoms with van der Waals surface area (Å²) in [5.74, 6) is -0.950. The van der Waals surface area contributed by atoms with Gasteiger partial charge in [0.15, 0.2) is 0 Å². The Labute approximate surface area is 105 Å². The van der Waals surface area contributed by atoms with Crippen molar-refractivity contribution in [3.05, 3.63) is 35.4 Å². The summed E-state index contributed by atoms with van der Waals surface area (Å²) in [7, 11) is 0. The highest BCUT2D eigenvalue weighted by Crippen LogP contribution is 2.33. The molecule has 1 aromatic rings. The number of carbonyl (C=O) groups is 2. The number of hydrogen-bond acceptors (Lipinski definition) is 2. The van der Waals surface area contributed by atoms with E-state index in [-0.39, 0.29) is 17.1 Å². The van der Waals surface area contributed by atoms with Crippen molar-refractivity contribution in [2.75, 3.05) is 0 Å². The monoisotopic (exact) mass is 248 g/mol. The van der Waals surface area contributed by atoms with Gasteiger partial charge in [-0.05, 0) is 37.5 Å². The van der Waals surface area contributed by atoms with Crippen molar-refractivity contribution in [1.82, 2.24) is 10.6 Å². The predicted octanol–water partition coefficient (Wildman–Crippen LogP) is 1.74. The van der Waals surface area contributed by atoms with Crippen LogP contribution in [0.5, 0.6) is 0 Å². The molecule has 1 aromatic carbocycles. The van der Waals surface area contributed by atoms with Gasteiger partial charge in [0.1, 0.15) is 0 Å². The van der Waals surface area contributed by atoms with E-state index in [0.29, 0.717) is 6.54 Å². The van der Waals surface area contributed by atoms with Gasteiger partial charge in [0, 0.05) is 12.1 Å². The van der Waals surface area contributed by atoms with Gasteiger partial charge in [0.25, 0.3) is 0 Å². The number of carboxylic acid groups (broad SMARTS) is 1. The number of carbonyl (C=O) groups excluding carboxylic acids is 1. The zero-order valence-electron chi connectivity index (χ0n) is 10.2. The van der Waals surface area contributed by atoms with Gasteiger partial charge in [-0.2, -0.15) is 0 Å². The highest BCUT2D eigenvalue weighted by molar-refractivity contribution is 5.87. The van der Waals surface area contributed by atoms with E-state index in [4.69, 9.17) is 5.11 Å². The summed E-state index contributed by atoms with van der Waals surface area (Å²) in [5.41, 5.74) is 1.09. The second-order valence-electron chi connectivity index (χ2n) is 4.87. The molecule has 0 atom stereocenters. The molecule has 18 heavy (non-hydrogen) atoms. The molecule has 1 saturated carbocycles. The molecule has 2 amide bonds. The maximum Gasteiger partial charge on any atom is 0.335 e. The molecular weight excluding hydrogens is 232 g/mol. The van der Waals surface area contributed by atoms with Crippen LogP contribution in [0.2, 0.25) is 0 Å². The van der Waals surface area contributed by atoms with Crippen molar-refractivity contribution in [3.8, 4) is 0 Å². The third kappa shape index (κ3) is 3.23. The van der Waals surface area contributed by atoms with Crippen molar-refractivity contribution >= 4 is 12.0 Å². The molecule has 0 heterocycles. The normalized spacial score (nSPS) is 15.8. The van der Waals surface area contributed by atoms with E-state index in [1.807, 2.05) is 6.92 Å². The van der Waals surface area contributed by atoms with Gasteiger partial charge in [0.05, 0.1) is 5.56 Å². The average molecular weight is 248 g/mol. The zero-order valence-corrected chi connectivity index (χ0v) is 10.2. The van der Waals surface area contributed by atoms with Crippen LogP contribution in [0.15, 0.2) is 24.3 Å². The lowest BCUT2D eigenvalue weighted by Crippen LogP contribution is -2.41. The van der Waals surface area contributed by atoms with Gasteiger partial charge >= 0.3 is 12.0 Å². The minimum absolute atomic E-state index is 0.0305. The topological polar surface area (TPSA) is 78.4 Å². The molecular formula is C13H16N2O3. The first-order valence-corrected chi connectivity index (χ1v) is 5.87. The summed E-state index contributed by atoms with van der Waals surface area (Å²) in [5, 5.41) is 14.4. The molecule has 96 valence electrons. The van der Waals surface area contributed by atoms with Gasteiger partial charge in [-0.25, -0.2) is 9.59 Å². The van der Waals surface area contributed by atoms with Crippen LogP contribution < -0.4 is 10.6 Å².